The number of piperidine rings is 1. The topological polar surface area (TPSA) is 44.3 Å². The fourth-order valence-corrected chi connectivity index (χ4v) is 3.09. The van der Waals surface area contributed by atoms with Crippen molar-refractivity contribution in [2.45, 2.75) is 18.9 Å². The Morgan fingerprint density at radius 1 is 1.24 bits per heavy atom. The van der Waals surface area contributed by atoms with Crippen LogP contribution in [-0.4, -0.2) is 54.6 Å². The summed E-state index contributed by atoms with van der Waals surface area (Å²) in [6.07, 6.45) is 8.62. The first-order valence-corrected chi connectivity index (χ1v) is 8.91. The van der Waals surface area contributed by atoms with Crippen molar-refractivity contribution in [1.82, 2.24) is 14.9 Å². The van der Waals surface area contributed by atoms with E-state index < -0.39 is 0 Å². The van der Waals surface area contributed by atoms with Crippen molar-refractivity contribution >= 4 is 17.8 Å². The van der Waals surface area contributed by atoms with Crippen molar-refractivity contribution in [2.24, 2.45) is 0 Å². The average molecular weight is 337 g/mol. The van der Waals surface area contributed by atoms with Gasteiger partial charge in [0.25, 0.3) is 0 Å². The van der Waals surface area contributed by atoms with Crippen LogP contribution in [0.15, 0.2) is 48.7 Å². The standard InChI is InChI=1S/C20H27N5/c1-24(2)19-12-13-21-20(23-19)22-18-11-7-15-25(16-18)14-6-10-17-8-4-3-5-9-17/h3-6,8-10,12-13,18H,7,11,14-16H2,1-2H3,(H,21,22,23)/b10-6+. The van der Waals surface area contributed by atoms with Crippen LogP contribution in [0.3, 0.4) is 0 Å². The van der Waals surface area contributed by atoms with Crippen LogP contribution in [0.1, 0.15) is 18.4 Å². The predicted molar refractivity (Wildman–Crippen MR) is 105 cm³/mol. The normalized spacial score (nSPS) is 18.4. The lowest BCUT2D eigenvalue weighted by Gasteiger charge is -2.32. The van der Waals surface area contributed by atoms with E-state index in [1.54, 1.807) is 0 Å². The molecule has 2 aromatic rings. The van der Waals surface area contributed by atoms with Crippen LogP contribution in [0.25, 0.3) is 6.08 Å². The third-order valence-electron chi connectivity index (χ3n) is 4.41. The van der Waals surface area contributed by atoms with E-state index in [-0.39, 0.29) is 0 Å². The molecule has 1 unspecified atom stereocenters. The lowest BCUT2D eigenvalue weighted by atomic mass is 10.1. The molecule has 1 atom stereocenters. The van der Waals surface area contributed by atoms with Gasteiger partial charge < -0.3 is 10.2 Å². The molecule has 1 saturated heterocycles. The van der Waals surface area contributed by atoms with Crippen LogP contribution < -0.4 is 10.2 Å². The van der Waals surface area contributed by atoms with Crippen LogP contribution in [0.5, 0.6) is 0 Å². The Bertz CT molecular complexity index is 683. The Morgan fingerprint density at radius 3 is 2.88 bits per heavy atom. The van der Waals surface area contributed by atoms with Gasteiger partial charge in [0.05, 0.1) is 0 Å². The summed E-state index contributed by atoms with van der Waals surface area (Å²) in [4.78, 5) is 13.4. The molecule has 0 saturated carbocycles. The first-order chi connectivity index (χ1) is 12.2. The number of hydrogen-bond donors (Lipinski definition) is 1. The van der Waals surface area contributed by atoms with Crippen LogP contribution in [0, 0.1) is 0 Å². The van der Waals surface area contributed by atoms with Gasteiger partial charge in [0.1, 0.15) is 5.82 Å². The monoisotopic (exact) mass is 337 g/mol. The summed E-state index contributed by atoms with van der Waals surface area (Å²) in [5.74, 6) is 1.65. The molecule has 0 bridgehead atoms. The molecule has 0 amide bonds. The second kappa shape index (κ2) is 8.62. The number of aromatic nitrogens is 2. The second-order valence-corrected chi connectivity index (χ2v) is 6.69. The largest absolute Gasteiger partial charge is 0.363 e. The Labute approximate surface area is 150 Å². The first-order valence-electron chi connectivity index (χ1n) is 8.91. The van der Waals surface area contributed by atoms with Gasteiger partial charge in [-0.25, -0.2) is 4.98 Å². The van der Waals surface area contributed by atoms with E-state index in [0.717, 1.165) is 37.8 Å². The van der Waals surface area contributed by atoms with E-state index >= 15 is 0 Å². The van der Waals surface area contributed by atoms with Gasteiger partial charge in [-0.15, -0.1) is 0 Å². The molecule has 1 N–H and O–H groups in total. The minimum atomic E-state index is 0.399. The summed E-state index contributed by atoms with van der Waals surface area (Å²) in [5.41, 5.74) is 1.25. The van der Waals surface area contributed by atoms with E-state index in [4.69, 9.17) is 0 Å². The van der Waals surface area contributed by atoms with Gasteiger partial charge >= 0.3 is 0 Å². The molecule has 5 nitrogen and oxygen atoms in total. The number of rotatable bonds is 6. The molecular formula is C20H27N5. The van der Waals surface area contributed by atoms with E-state index in [0.29, 0.717) is 6.04 Å². The summed E-state index contributed by atoms with van der Waals surface area (Å²) in [6, 6.07) is 12.8. The molecular weight excluding hydrogens is 310 g/mol. The highest BCUT2D eigenvalue weighted by atomic mass is 15.2. The van der Waals surface area contributed by atoms with Gasteiger partial charge in [-0.05, 0) is 31.0 Å². The Balaban J connectivity index is 1.52. The number of nitrogens with one attached hydrogen (secondary N) is 1. The molecule has 3 rings (SSSR count). The summed E-state index contributed by atoms with van der Waals surface area (Å²) in [6.45, 7) is 3.15. The van der Waals surface area contributed by atoms with Crippen molar-refractivity contribution in [2.75, 3.05) is 43.9 Å². The predicted octanol–water partition coefficient (Wildman–Crippen LogP) is 3.13. The molecule has 1 aliphatic rings. The third-order valence-corrected chi connectivity index (χ3v) is 4.41. The molecule has 1 fully saturated rings. The highest BCUT2D eigenvalue weighted by Gasteiger charge is 2.19. The maximum atomic E-state index is 4.56. The van der Waals surface area contributed by atoms with E-state index in [9.17, 15) is 0 Å². The van der Waals surface area contributed by atoms with Crippen LogP contribution in [0.2, 0.25) is 0 Å². The number of likely N-dealkylation sites (tertiary alicyclic amines) is 1. The zero-order valence-electron chi connectivity index (χ0n) is 15.1. The second-order valence-electron chi connectivity index (χ2n) is 6.69. The number of benzene rings is 1. The first kappa shape index (κ1) is 17.4. The summed E-state index contributed by atoms with van der Waals surface area (Å²) < 4.78 is 0. The van der Waals surface area contributed by atoms with Crippen molar-refractivity contribution in [3.63, 3.8) is 0 Å². The SMILES string of the molecule is CN(C)c1ccnc(NC2CCCN(C/C=C/c3ccccc3)C2)n1. The zero-order chi connectivity index (χ0) is 17.5. The van der Waals surface area contributed by atoms with Gasteiger partial charge in [-0.2, -0.15) is 4.98 Å². The van der Waals surface area contributed by atoms with Crippen molar-refractivity contribution < 1.29 is 0 Å². The van der Waals surface area contributed by atoms with Crippen LogP contribution in [0.4, 0.5) is 11.8 Å². The smallest absolute Gasteiger partial charge is 0.224 e. The number of anilines is 2. The summed E-state index contributed by atoms with van der Waals surface area (Å²) in [7, 11) is 3.99. The van der Waals surface area contributed by atoms with Gasteiger partial charge in [0.2, 0.25) is 5.95 Å². The minimum absolute atomic E-state index is 0.399. The van der Waals surface area contributed by atoms with Gasteiger partial charge in [-0.1, -0.05) is 42.5 Å². The van der Waals surface area contributed by atoms with E-state index in [1.807, 2.05) is 37.3 Å². The molecule has 0 aliphatic carbocycles. The molecule has 2 heterocycles. The molecule has 5 heteroatoms. The van der Waals surface area contributed by atoms with Crippen LogP contribution in [-0.2, 0) is 0 Å². The molecule has 1 aromatic carbocycles. The van der Waals surface area contributed by atoms with E-state index in [1.165, 1.54) is 12.0 Å². The van der Waals surface area contributed by atoms with Gasteiger partial charge in [-0.3, -0.25) is 4.90 Å². The molecule has 1 aromatic heterocycles. The minimum Gasteiger partial charge on any atom is -0.363 e. The Kier molecular flexibility index (Phi) is 6.01. The van der Waals surface area contributed by atoms with Crippen LogP contribution >= 0.6 is 0 Å². The van der Waals surface area contributed by atoms with Gasteiger partial charge in [0, 0.05) is 39.4 Å². The average Bonchev–Trinajstić information content (AvgIpc) is 2.63. The van der Waals surface area contributed by atoms with E-state index in [2.05, 4.69) is 56.6 Å². The maximum absolute atomic E-state index is 4.56. The highest BCUT2D eigenvalue weighted by Crippen LogP contribution is 2.15. The number of nitrogens with zero attached hydrogens (tertiary/aromatic N) is 4. The molecule has 1 aliphatic heterocycles. The molecule has 0 spiro atoms. The Hall–Kier alpha value is -2.40. The fourth-order valence-electron chi connectivity index (χ4n) is 3.09. The zero-order valence-corrected chi connectivity index (χ0v) is 15.1. The molecule has 25 heavy (non-hydrogen) atoms. The maximum Gasteiger partial charge on any atom is 0.224 e. The Morgan fingerprint density at radius 2 is 2.08 bits per heavy atom. The van der Waals surface area contributed by atoms with Crippen molar-refractivity contribution in [1.29, 1.82) is 0 Å². The quantitative estimate of drug-likeness (QED) is 0.877. The van der Waals surface area contributed by atoms with Crippen molar-refractivity contribution in [3.05, 3.63) is 54.2 Å². The molecule has 0 radical (unpaired) electrons. The summed E-state index contributed by atoms with van der Waals surface area (Å²) in [5, 5.41) is 3.50. The molecule has 132 valence electrons. The highest BCUT2D eigenvalue weighted by molar-refractivity contribution is 5.48. The lowest BCUT2D eigenvalue weighted by Crippen LogP contribution is -2.42. The summed E-state index contributed by atoms with van der Waals surface area (Å²) >= 11 is 0. The third kappa shape index (κ3) is 5.29. The number of hydrogen-bond acceptors (Lipinski definition) is 5. The fraction of sp³-hybridized carbons (Fsp3) is 0.400. The lowest BCUT2D eigenvalue weighted by molar-refractivity contribution is 0.237. The van der Waals surface area contributed by atoms with Gasteiger partial charge in [0.15, 0.2) is 0 Å². The van der Waals surface area contributed by atoms with Crippen molar-refractivity contribution in [3.8, 4) is 0 Å².